The van der Waals surface area contributed by atoms with Crippen LogP contribution in [0.25, 0.3) is 0 Å². The molecule has 0 amide bonds. The predicted octanol–water partition coefficient (Wildman–Crippen LogP) is 2.67. The molecule has 0 spiro atoms. The number of hydrogen-bond donors (Lipinski definition) is 3. The van der Waals surface area contributed by atoms with Crippen molar-refractivity contribution in [2.45, 2.75) is 12.6 Å². The molecule has 0 fully saturated rings. The highest BCUT2D eigenvalue weighted by Crippen LogP contribution is 2.41. The van der Waals surface area contributed by atoms with Crippen LogP contribution in [0.1, 0.15) is 49.1 Å². The van der Waals surface area contributed by atoms with Crippen molar-refractivity contribution in [3.63, 3.8) is 0 Å². The van der Waals surface area contributed by atoms with E-state index >= 15 is 0 Å². The lowest BCUT2D eigenvalue weighted by atomic mass is 9.85. The van der Waals surface area contributed by atoms with Gasteiger partial charge in [-0.25, -0.2) is 19.4 Å². The van der Waals surface area contributed by atoms with E-state index in [-0.39, 0.29) is 11.3 Å². The number of aromatic carboxylic acids is 3. The maximum atomic E-state index is 12.1. The van der Waals surface area contributed by atoms with Gasteiger partial charge in [-0.3, -0.25) is 4.99 Å². The smallest absolute Gasteiger partial charge is 0.337 e. The van der Waals surface area contributed by atoms with Gasteiger partial charge in [-0.05, 0) is 19.1 Å². The van der Waals surface area contributed by atoms with E-state index in [0.29, 0.717) is 5.56 Å². The first kappa shape index (κ1) is 20.4. The van der Waals surface area contributed by atoms with Crippen LogP contribution < -0.4 is 0 Å². The summed E-state index contributed by atoms with van der Waals surface area (Å²) in [5.74, 6) is -5.27. The molecule has 3 N–H and O–H groups in total. The van der Waals surface area contributed by atoms with Crippen molar-refractivity contribution in [2.75, 3.05) is 0 Å². The van der Waals surface area contributed by atoms with Crippen LogP contribution in [0.15, 0.2) is 52.4 Å². The molecular weight excluding hydrogens is 390 g/mol. The maximum absolute atomic E-state index is 12.1. The molecule has 2 aromatic rings. The largest absolute Gasteiger partial charge is 0.478 e. The van der Waals surface area contributed by atoms with Gasteiger partial charge in [-0.15, -0.1) is 0 Å². The summed E-state index contributed by atoms with van der Waals surface area (Å²) in [6.45, 7) is 1.58. The van der Waals surface area contributed by atoms with E-state index in [1.165, 1.54) is 6.21 Å². The van der Waals surface area contributed by atoms with Gasteiger partial charge in [0.1, 0.15) is 0 Å². The standard InChI is InChI=1S/C21H15N3O6/c1-11(9-22)16-10-23-21(24-16,13-5-3-2-4-6-13)15-8-12(18(25)26)7-14(19(27)28)17(15)20(29)30/h2-8,10-11H,1H3,(H,25,26)(H,27,28)(H,29,30). The van der Waals surface area contributed by atoms with E-state index in [1.54, 1.807) is 37.3 Å². The first-order valence-electron chi connectivity index (χ1n) is 8.69. The van der Waals surface area contributed by atoms with Gasteiger partial charge < -0.3 is 15.3 Å². The number of benzene rings is 2. The number of carbonyl (C=O) groups is 3. The number of carboxylic acid groups (broad SMARTS) is 3. The maximum Gasteiger partial charge on any atom is 0.337 e. The summed E-state index contributed by atoms with van der Waals surface area (Å²) in [4.78, 5) is 44.3. The monoisotopic (exact) mass is 405 g/mol. The molecule has 150 valence electrons. The minimum atomic E-state index is -1.74. The summed E-state index contributed by atoms with van der Waals surface area (Å²) in [6.07, 6.45) is 1.32. The van der Waals surface area contributed by atoms with Gasteiger partial charge in [0, 0.05) is 17.3 Å². The highest BCUT2D eigenvalue weighted by molar-refractivity contribution is 6.33. The molecule has 1 aliphatic rings. The summed E-state index contributed by atoms with van der Waals surface area (Å²) < 4.78 is 0. The molecule has 1 heterocycles. The molecule has 9 nitrogen and oxygen atoms in total. The van der Waals surface area contributed by atoms with Crippen molar-refractivity contribution in [3.8, 4) is 6.07 Å². The zero-order chi connectivity index (χ0) is 22.1. The molecule has 30 heavy (non-hydrogen) atoms. The topological polar surface area (TPSA) is 160 Å². The molecule has 0 bridgehead atoms. The van der Waals surface area contributed by atoms with E-state index in [4.69, 9.17) is 0 Å². The zero-order valence-electron chi connectivity index (χ0n) is 15.6. The van der Waals surface area contributed by atoms with Crippen LogP contribution in [0.5, 0.6) is 0 Å². The highest BCUT2D eigenvalue weighted by atomic mass is 16.4. The second-order valence-electron chi connectivity index (χ2n) is 6.55. The lowest BCUT2D eigenvalue weighted by Gasteiger charge is -2.27. The number of carboxylic acids is 3. The first-order valence-corrected chi connectivity index (χ1v) is 8.69. The summed E-state index contributed by atoms with van der Waals surface area (Å²) in [5.41, 5.74) is -3.05. The van der Waals surface area contributed by atoms with Crippen LogP contribution >= 0.6 is 0 Å². The van der Waals surface area contributed by atoms with Gasteiger partial charge in [0.05, 0.1) is 34.4 Å². The van der Waals surface area contributed by atoms with Crippen molar-refractivity contribution in [1.29, 1.82) is 5.26 Å². The van der Waals surface area contributed by atoms with Gasteiger partial charge >= 0.3 is 17.9 Å². The summed E-state index contributed by atoms with van der Waals surface area (Å²) in [6, 6.07) is 12.1. The molecule has 0 radical (unpaired) electrons. The average Bonchev–Trinajstić information content (AvgIpc) is 3.19. The molecule has 2 aromatic carbocycles. The van der Waals surface area contributed by atoms with Gasteiger partial charge in [0.25, 0.3) is 0 Å². The fourth-order valence-corrected chi connectivity index (χ4v) is 3.21. The van der Waals surface area contributed by atoms with Gasteiger partial charge in [0.15, 0.2) is 0 Å². The Bertz CT molecular complexity index is 1160. The van der Waals surface area contributed by atoms with Gasteiger partial charge in [0.2, 0.25) is 5.66 Å². The van der Waals surface area contributed by atoms with Crippen LogP contribution in [0, 0.1) is 17.2 Å². The third kappa shape index (κ3) is 3.31. The van der Waals surface area contributed by atoms with E-state index in [2.05, 4.69) is 9.98 Å². The molecule has 2 unspecified atom stereocenters. The summed E-state index contributed by atoms with van der Waals surface area (Å²) in [7, 11) is 0. The number of nitriles is 1. The molecule has 0 saturated heterocycles. The molecule has 1 aliphatic heterocycles. The quantitative estimate of drug-likeness (QED) is 0.665. The highest BCUT2D eigenvalue weighted by Gasteiger charge is 2.42. The van der Waals surface area contributed by atoms with E-state index in [1.807, 2.05) is 6.07 Å². The number of aliphatic imine (C=N–C) groups is 2. The van der Waals surface area contributed by atoms with Crippen molar-refractivity contribution in [1.82, 2.24) is 0 Å². The second kappa shape index (κ2) is 7.60. The molecule has 3 rings (SSSR count). The Kier molecular flexibility index (Phi) is 5.17. The Morgan fingerprint density at radius 2 is 1.70 bits per heavy atom. The van der Waals surface area contributed by atoms with Crippen molar-refractivity contribution in [2.24, 2.45) is 15.9 Å². The molecule has 0 aliphatic carbocycles. The Morgan fingerprint density at radius 1 is 1.03 bits per heavy atom. The molecular formula is C21H15N3O6. The van der Waals surface area contributed by atoms with Crippen LogP contribution in [0.3, 0.4) is 0 Å². The Morgan fingerprint density at radius 3 is 2.23 bits per heavy atom. The van der Waals surface area contributed by atoms with E-state index in [0.717, 1.165) is 12.1 Å². The number of rotatable bonds is 6. The van der Waals surface area contributed by atoms with Crippen LogP contribution in [-0.2, 0) is 5.66 Å². The molecule has 0 aromatic heterocycles. The van der Waals surface area contributed by atoms with Crippen LogP contribution in [0.2, 0.25) is 0 Å². The Hall–Kier alpha value is -4.32. The zero-order valence-corrected chi connectivity index (χ0v) is 15.6. The number of hydrogen-bond acceptors (Lipinski definition) is 6. The summed E-state index contributed by atoms with van der Waals surface area (Å²) in [5, 5.41) is 38.1. The first-order chi connectivity index (χ1) is 14.2. The van der Waals surface area contributed by atoms with Crippen molar-refractivity contribution >= 4 is 29.8 Å². The number of nitrogens with zero attached hydrogens (tertiary/aromatic N) is 3. The van der Waals surface area contributed by atoms with Crippen molar-refractivity contribution in [3.05, 3.63) is 70.3 Å². The fourth-order valence-electron chi connectivity index (χ4n) is 3.21. The van der Waals surface area contributed by atoms with Crippen molar-refractivity contribution < 1.29 is 29.7 Å². The Balaban J connectivity index is 2.47. The second-order valence-corrected chi connectivity index (χ2v) is 6.55. The lowest BCUT2D eigenvalue weighted by molar-refractivity contribution is 0.0647. The minimum absolute atomic E-state index is 0.213. The SMILES string of the molecule is CC(C#N)C1=NC(c2ccccc2)(c2cc(C(=O)O)cc(C(=O)O)c2C(=O)O)N=C1. The normalized spacial score (nSPS) is 18.3. The van der Waals surface area contributed by atoms with Crippen LogP contribution in [-0.4, -0.2) is 45.2 Å². The van der Waals surface area contributed by atoms with Gasteiger partial charge in [-0.1, -0.05) is 30.3 Å². The average molecular weight is 405 g/mol. The Labute approximate surface area is 170 Å². The van der Waals surface area contributed by atoms with Crippen LogP contribution in [0.4, 0.5) is 0 Å². The molecule has 0 saturated carbocycles. The molecule has 9 heteroatoms. The predicted molar refractivity (Wildman–Crippen MR) is 105 cm³/mol. The summed E-state index contributed by atoms with van der Waals surface area (Å²) >= 11 is 0. The van der Waals surface area contributed by atoms with E-state index in [9.17, 15) is 35.0 Å². The third-order valence-corrected chi connectivity index (χ3v) is 4.69. The molecule has 2 atom stereocenters. The fraction of sp³-hybridized carbons (Fsp3) is 0.143. The third-order valence-electron chi connectivity index (χ3n) is 4.69. The van der Waals surface area contributed by atoms with Gasteiger partial charge in [-0.2, -0.15) is 5.26 Å². The van der Waals surface area contributed by atoms with E-state index < -0.39 is 46.2 Å². The lowest BCUT2D eigenvalue weighted by Crippen LogP contribution is -2.27. The minimum Gasteiger partial charge on any atom is -0.478 e.